The number of carbonyl (C=O) groups excluding carboxylic acids is 1. The fourth-order valence-electron chi connectivity index (χ4n) is 3.54. The summed E-state index contributed by atoms with van der Waals surface area (Å²) in [5, 5.41) is 16.4. The summed E-state index contributed by atoms with van der Waals surface area (Å²) in [6, 6.07) is 4.48. The van der Waals surface area contributed by atoms with Crippen LogP contribution in [0.2, 0.25) is 0 Å². The highest BCUT2D eigenvalue weighted by molar-refractivity contribution is 5.83. The minimum atomic E-state index is -0.765. The minimum Gasteiger partial charge on any atom is -0.394 e. The molecular formula is C21H26F2N2O4. The van der Waals surface area contributed by atoms with E-state index in [0.29, 0.717) is 31.8 Å². The monoisotopic (exact) mass is 408 g/mol. The molecule has 0 spiro atoms. The van der Waals surface area contributed by atoms with Crippen molar-refractivity contribution in [1.29, 1.82) is 0 Å². The molecule has 0 radical (unpaired) electrons. The zero-order valence-corrected chi connectivity index (χ0v) is 16.6. The third-order valence-corrected chi connectivity index (χ3v) is 5.53. The molecular weight excluding hydrogens is 382 g/mol. The number of hydrogen-bond acceptors (Lipinski definition) is 5. The van der Waals surface area contributed by atoms with E-state index < -0.39 is 17.0 Å². The van der Waals surface area contributed by atoms with E-state index in [1.807, 2.05) is 13.8 Å². The van der Waals surface area contributed by atoms with Crippen molar-refractivity contribution in [2.24, 2.45) is 11.3 Å². The van der Waals surface area contributed by atoms with Gasteiger partial charge in [0.2, 0.25) is 5.91 Å². The van der Waals surface area contributed by atoms with E-state index in [1.165, 1.54) is 6.07 Å². The lowest BCUT2D eigenvalue weighted by molar-refractivity contribution is -0.138. The Bertz CT molecular complexity index is 847. The van der Waals surface area contributed by atoms with Crippen LogP contribution in [0.15, 0.2) is 28.8 Å². The molecule has 6 nitrogen and oxygen atoms in total. The molecule has 0 aliphatic carbocycles. The molecule has 1 aromatic heterocycles. The van der Waals surface area contributed by atoms with Gasteiger partial charge in [-0.3, -0.25) is 4.79 Å². The van der Waals surface area contributed by atoms with Gasteiger partial charge in [0.15, 0.2) is 0 Å². The van der Waals surface area contributed by atoms with Gasteiger partial charge in [0.25, 0.3) is 0 Å². The molecule has 0 saturated carbocycles. The molecule has 2 aromatic rings. The van der Waals surface area contributed by atoms with Crippen LogP contribution < -0.4 is 5.32 Å². The maximum atomic E-state index is 14.0. The van der Waals surface area contributed by atoms with Gasteiger partial charge in [-0.1, -0.05) is 19.0 Å². The quantitative estimate of drug-likeness (QED) is 0.736. The Balaban J connectivity index is 1.82. The minimum absolute atomic E-state index is 0.0826. The van der Waals surface area contributed by atoms with Gasteiger partial charge in [0.1, 0.15) is 23.1 Å². The second kappa shape index (κ2) is 9.00. The highest BCUT2D eigenvalue weighted by Gasteiger charge is 2.42. The molecule has 1 aliphatic heterocycles. The van der Waals surface area contributed by atoms with Crippen molar-refractivity contribution in [2.45, 2.75) is 39.2 Å². The van der Waals surface area contributed by atoms with Gasteiger partial charge in [-0.05, 0) is 30.9 Å². The van der Waals surface area contributed by atoms with Crippen LogP contribution in [-0.2, 0) is 16.0 Å². The number of rotatable bonds is 7. The average Bonchev–Trinajstić information content (AvgIpc) is 3.14. The fraction of sp³-hybridized carbons (Fsp3) is 0.524. The summed E-state index contributed by atoms with van der Waals surface area (Å²) in [7, 11) is 0. The standard InChI is InChI=1S/C21H26F2N2O4/c1-13(2)19(12-26)24-20(27)21(5-7-28-8-6-21)11-15-10-18(25-29-15)16-4-3-14(22)9-17(16)23/h3-4,9-10,13,19,26H,5-8,11-12H2,1-2H3,(H,24,27). The van der Waals surface area contributed by atoms with Gasteiger partial charge in [-0.25, -0.2) is 8.78 Å². The zero-order valence-electron chi connectivity index (χ0n) is 16.6. The van der Waals surface area contributed by atoms with Crippen molar-refractivity contribution >= 4 is 5.91 Å². The van der Waals surface area contributed by atoms with Crippen molar-refractivity contribution in [3.05, 3.63) is 41.7 Å². The van der Waals surface area contributed by atoms with Gasteiger partial charge < -0.3 is 19.7 Å². The average molecular weight is 408 g/mol. The Morgan fingerprint density at radius 3 is 2.62 bits per heavy atom. The summed E-state index contributed by atoms with van der Waals surface area (Å²) in [6.45, 7) is 4.58. The highest BCUT2D eigenvalue weighted by Crippen LogP contribution is 2.36. The number of benzene rings is 1. The number of hydrogen-bond donors (Lipinski definition) is 2. The Kier molecular flexibility index (Phi) is 6.64. The summed E-state index contributed by atoms with van der Waals surface area (Å²) in [6.07, 6.45) is 1.26. The number of aromatic nitrogens is 1. The van der Waals surface area contributed by atoms with Crippen LogP contribution in [0.5, 0.6) is 0 Å². The maximum Gasteiger partial charge on any atom is 0.227 e. The van der Waals surface area contributed by atoms with Crippen LogP contribution in [0.4, 0.5) is 8.78 Å². The largest absolute Gasteiger partial charge is 0.394 e. The Hall–Kier alpha value is -2.32. The maximum absolute atomic E-state index is 14.0. The van der Waals surface area contributed by atoms with Gasteiger partial charge in [0, 0.05) is 37.3 Å². The predicted molar refractivity (Wildman–Crippen MR) is 102 cm³/mol. The molecule has 1 aliphatic rings. The van der Waals surface area contributed by atoms with Crippen molar-refractivity contribution < 1.29 is 27.9 Å². The number of amides is 1. The molecule has 1 atom stereocenters. The number of aliphatic hydroxyl groups is 1. The third-order valence-electron chi connectivity index (χ3n) is 5.53. The van der Waals surface area contributed by atoms with Crippen LogP contribution in [0.1, 0.15) is 32.4 Å². The third kappa shape index (κ3) is 4.82. The summed E-state index contributed by atoms with van der Waals surface area (Å²) in [5.74, 6) is -1.05. The number of nitrogens with one attached hydrogen (secondary N) is 1. The number of ether oxygens (including phenoxy) is 1. The number of halogens is 2. The first kappa shape index (κ1) is 21.4. The molecule has 29 heavy (non-hydrogen) atoms. The van der Waals surface area contributed by atoms with Crippen LogP contribution in [0, 0.1) is 23.0 Å². The number of aliphatic hydroxyl groups excluding tert-OH is 1. The van der Waals surface area contributed by atoms with E-state index in [4.69, 9.17) is 9.26 Å². The first-order valence-corrected chi connectivity index (χ1v) is 9.75. The van der Waals surface area contributed by atoms with Gasteiger partial charge in [-0.2, -0.15) is 0 Å². The fourth-order valence-corrected chi connectivity index (χ4v) is 3.54. The normalized spacial score (nSPS) is 17.3. The summed E-state index contributed by atoms with van der Waals surface area (Å²) in [5.41, 5.74) is -0.388. The van der Waals surface area contributed by atoms with Crippen LogP contribution in [-0.4, -0.2) is 42.0 Å². The molecule has 1 aromatic carbocycles. The van der Waals surface area contributed by atoms with Crippen LogP contribution >= 0.6 is 0 Å². The van der Waals surface area contributed by atoms with Gasteiger partial charge in [-0.15, -0.1) is 0 Å². The van der Waals surface area contributed by atoms with Crippen molar-refractivity contribution in [3.8, 4) is 11.3 Å². The lowest BCUT2D eigenvalue weighted by atomic mass is 9.75. The van der Waals surface area contributed by atoms with Crippen molar-refractivity contribution in [2.75, 3.05) is 19.8 Å². The molecule has 2 N–H and O–H groups in total. The number of nitrogens with zero attached hydrogens (tertiary/aromatic N) is 1. The molecule has 0 bridgehead atoms. The van der Waals surface area contributed by atoms with E-state index in [-0.39, 0.29) is 42.2 Å². The molecule has 1 unspecified atom stereocenters. The van der Waals surface area contributed by atoms with Crippen molar-refractivity contribution in [3.63, 3.8) is 0 Å². The molecule has 1 amide bonds. The molecule has 1 fully saturated rings. The van der Waals surface area contributed by atoms with Crippen LogP contribution in [0.3, 0.4) is 0 Å². The lowest BCUT2D eigenvalue weighted by Gasteiger charge is -2.36. The van der Waals surface area contributed by atoms with Crippen LogP contribution in [0.25, 0.3) is 11.3 Å². The lowest BCUT2D eigenvalue weighted by Crippen LogP contribution is -2.51. The Morgan fingerprint density at radius 1 is 1.28 bits per heavy atom. The smallest absolute Gasteiger partial charge is 0.227 e. The van der Waals surface area contributed by atoms with E-state index in [9.17, 15) is 18.7 Å². The van der Waals surface area contributed by atoms with E-state index in [1.54, 1.807) is 6.07 Å². The van der Waals surface area contributed by atoms with Gasteiger partial charge >= 0.3 is 0 Å². The number of carbonyl (C=O) groups is 1. The first-order valence-electron chi connectivity index (χ1n) is 9.75. The van der Waals surface area contributed by atoms with E-state index >= 15 is 0 Å². The summed E-state index contributed by atoms with van der Waals surface area (Å²) < 4.78 is 38.0. The molecule has 2 heterocycles. The Labute approximate surface area is 168 Å². The topological polar surface area (TPSA) is 84.6 Å². The predicted octanol–water partition coefficient (Wildman–Crippen LogP) is 3.09. The second-order valence-electron chi connectivity index (χ2n) is 7.88. The SMILES string of the molecule is CC(C)C(CO)NC(=O)C1(Cc2cc(-c3ccc(F)cc3F)no2)CCOCC1. The van der Waals surface area contributed by atoms with Crippen molar-refractivity contribution in [1.82, 2.24) is 10.5 Å². The zero-order chi connectivity index (χ0) is 21.0. The van der Waals surface area contributed by atoms with E-state index in [2.05, 4.69) is 10.5 Å². The molecule has 8 heteroatoms. The second-order valence-corrected chi connectivity index (χ2v) is 7.88. The molecule has 158 valence electrons. The Morgan fingerprint density at radius 2 is 2.00 bits per heavy atom. The molecule has 1 saturated heterocycles. The highest BCUT2D eigenvalue weighted by atomic mass is 19.1. The molecule has 3 rings (SSSR count). The summed E-state index contributed by atoms with van der Waals surface area (Å²) >= 11 is 0. The first-order chi connectivity index (χ1) is 13.8. The summed E-state index contributed by atoms with van der Waals surface area (Å²) in [4.78, 5) is 13.1. The van der Waals surface area contributed by atoms with E-state index in [0.717, 1.165) is 12.1 Å². The van der Waals surface area contributed by atoms with Gasteiger partial charge in [0.05, 0.1) is 18.1 Å².